The van der Waals surface area contributed by atoms with Gasteiger partial charge in [0.1, 0.15) is 12.4 Å². The van der Waals surface area contributed by atoms with E-state index >= 15 is 0 Å². The monoisotopic (exact) mass is 363 g/mol. The fraction of sp³-hybridized carbons (Fsp3) is 0.273. The first-order valence-electron chi connectivity index (χ1n) is 9.14. The summed E-state index contributed by atoms with van der Waals surface area (Å²) in [4.78, 5) is 12.5. The first kappa shape index (κ1) is 18.7. The summed E-state index contributed by atoms with van der Waals surface area (Å²) in [6, 6.07) is 15.6. The fourth-order valence-electron chi connectivity index (χ4n) is 2.99. The van der Waals surface area contributed by atoms with Crippen molar-refractivity contribution in [2.24, 2.45) is 0 Å². The topological polar surface area (TPSA) is 56.2 Å². The molecule has 5 nitrogen and oxygen atoms in total. The maximum absolute atomic E-state index is 12.5. The molecule has 0 aliphatic heterocycles. The molecule has 0 spiro atoms. The number of nitrogens with zero attached hydrogens (tertiary/aromatic N) is 2. The Morgan fingerprint density at radius 3 is 2.78 bits per heavy atom. The maximum atomic E-state index is 12.5. The molecule has 140 valence electrons. The molecule has 0 aliphatic rings. The van der Waals surface area contributed by atoms with E-state index < -0.39 is 0 Å². The highest BCUT2D eigenvalue weighted by atomic mass is 16.5. The number of amides is 1. The third-order valence-electron chi connectivity index (χ3n) is 4.45. The largest absolute Gasteiger partial charge is 0.489 e. The Bertz CT molecular complexity index is 931. The summed E-state index contributed by atoms with van der Waals surface area (Å²) in [6.45, 7) is 7.78. The number of aromatic nitrogens is 2. The minimum Gasteiger partial charge on any atom is -0.489 e. The van der Waals surface area contributed by atoms with Crippen LogP contribution < -0.4 is 10.1 Å². The van der Waals surface area contributed by atoms with E-state index in [9.17, 15) is 4.79 Å². The minimum atomic E-state index is -0.104. The Balaban J connectivity index is 1.61. The standard InChI is InChI=1S/C22H25N3O2/c1-4-25-20(10-11-24-25)14-23-22(26)19-7-5-6-18(13-19)15-27-21-9-8-16(2)12-17(21)3/h5-13H,4,14-15H2,1-3H3,(H,23,26). The second kappa shape index (κ2) is 8.54. The lowest BCUT2D eigenvalue weighted by Gasteiger charge is -2.11. The van der Waals surface area contributed by atoms with Gasteiger partial charge in [-0.05, 0) is 56.2 Å². The summed E-state index contributed by atoms with van der Waals surface area (Å²) in [7, 11) is 0. The van der Waals surface area contributed by atoms with E-state index in [-0.39, 0.29) is 5.91 Å². The Morgan fingerprint density at radius 2 is 2.00 bits per heavy atom. The van der Waals surface area contributed by atoms with E-state index in [1.54, 1.807) is 6.20 Å². The number of hydrogen-bond donors (Lipinski definition) is 1. The number of carbonyl (C=O) groups is 1. The number of benzene rings is 2. The summed E-state index contributed by atoms with van der Waals surface area (Å²) in [5, 5.41) is 7.17. The smallest absolute Gasteiger partial charge is 0.251 e. The van der Waals surface area contributed by atoms with E-state index in [2.05, 4.69) is 23.4 Å². The maximum Gasteiger partial charge on any atom is 0.251 e. The van der Waals surface area contributed by atoms with Gasteiger partial charge in [0.2, 0.25) is 0 Å². The van der Waals surface area contributed by atoms with Gasteiger partial charge < -0.3 is 10.1 Å². The molecule has 1 N–H and O–H groups in total. The Labute approximate surface area is 160 Å². The minimum absolute atomic E-state index is 0.104. The fourth-order valence-corrected chi connectivity index (χ4v) is 2.99. The zero-order chi connectivity index (χ0) is 19.2. The van der Waals surface area contributed by atoms with Gasteiger partial charge in [-0.2, -0.15) is 5.10 Å². The number of nitrogens with one attached hydrogen (secondary N) is 1. The average Bonchev–Trinajstić information content (AvgIpc) is 3.13. The summed E-state index contributed by atoms with van der Waals surface area (Å²) in [6.07, 6.45) is 1.75. The van der Waals surface area contributed by atoms with Crippen LogP contribution in [0.1, 0.15) is 39.7 Å². The van der Waals surface area contributed by atoms with Crippen molar-refractivity contribution in [2.45, 2.75) is 40.5 Å². The van der Waals surface area contributed by atoms with E-state index in [0.717, 1.165) is 29.1 Å². The molecule has 5 heteroatoms. The van der Waals surface area contributed by atoms with Gasteiger partial charge in [-0.1, -0.05) is 29.8 Å². The molecule has 2 aromatic carbocycles. The van der Waals surface area contributed by atoms with Crippen LogP contribution in [-0.4, -0.2) is 15.7 Å². The predicted molar refractivity (Wildman–Crippen MR) is 106 cm³/mol. The van der Waals surface area contributed by atoms with Crippen LogP contribution in [0.2, 0.25) is 0 Å². The molecule has 27 heavy (non-hydrogen) atoms. The first-order chi connectivity index (χ1) is 13.1. The van der Waals surface area contributed by atoms with Gasteiger partial charge in [0, 0.05) is 18.3 Å². The summed E-state index contributed by atoms with van der Waals surface area (Å²) >= 11 is 0. The van der Waals surface area contributed by atoms with Crippen LogP contribution in [0.4, 0.5) is 0 Å². The number of rotatable bonds is 7. The van der Waals surface area contributed by atoms with Crippen LogP contribution in [0.3, 0.4) is 0 Å². The van der Waals surface area contributed by atoms with Crippen molar-refractivity contribution in [3.63, 3.8) is 0 Å². The second-order valence-electron chi connectivity index (χ2n) is 6.58. The molecule has 3 rings (SSSR count). The molecular formula is C22H25N3O2. The van der Waals surface area contributed by atoms with E-state index in [1.807, 2.05) is 61.0 Å². The Morgan fingerprint density at radius 1 is 1.15 bits per heavy atom. The lowest BCUT2D eigenvalue weighted by Crippen LogP contribution is -2.24. The van der Waals surface area contributed by atoms with Gasteiger partial charge in [0.15, 0.2) is 0 Å². The molecule has 0 fully saturated rings. The first-order valence-corrected chi connectivity index (χ1v) is 9.14. The summed E-state index contributed by atoms with van der Waals surface area (Å²) < 4.78 is 7.79. The average molecular weight is 363 g/mol. The van der Waals surface area contributed by atoms with Crippen LogP contribution >= 0.6 is 0 Å². The zero-order valence-corrected chi connectivity index (χ0v) is 16.0. The number of carbonyl (C=O) groups excluding carboxylic acids is 1. The van der Waals surface area contributed by atoms with Crippen LogP contribution in [0.25, 0.3) is 0 Å². The van der Waals surface area contributed by atoms with Crippen LogP contribution in [-0.2, 0) is 19.7 Å². The molecule has 1 heterocycles. The van der Waals surface area contributed by atoms with Gasteiger partial charge in [0.05, 0.1) is 12.2 Å². The zero-order valence-electron chi connectivity index (χ0n) is 16.0. The van der Waals surface area contributed by atoms with Crippen LogP contribution in [0.5, 0.6) is 5.75 Å². The molecule has 0 saturated heterocycles. The van der Waals surface area contributed by atoms with Gasteiger partial charge in [0.25, 0.3) is 5.91 Å². The molecule has 0 saturated carbocycles. The van der Waals surface area contributed by atoms with Gasteiger partial charge in [-0.15, -0.1) is 0 Å². The van der Waals surface area contributed by atoms with Gasteiger partial charge >= 0.3 is 0 Å². The molecule has 1 aromatic heterocycles. The highest BCUT2D eigenvalue weighted by Gasteiger charge is 2.09. The van der Waals surface area contributed by atoms with E-state index in [1.165, 1.54) is 5.56 Å². The lowest BCUT2D eigenvalue weighted by atomic mass is 10.1. The Hall–Kier alpha value is -3.08. The van der Waals surface area contributed by atoms with Crippen molar-refractivity contribution in [1.82, 2.24) is 15.1 Å². The lowest BCUT2D eigenvalue weighted by molar-refractivity contribution is 0.0949. The summed E-state index contributed by atoms with van der Waals surface area (Å²) in [5.74, 6) is 0.760. The van der Waals surface area contributed by atoms with Crippen molar-refractivity contribution in [1.29, 1.82) is 0 Å². The quantitative estimate of drug-likeness (QED) is 0.689. The van der Waals surface area contributed by atoms with E-state index in [4.69, 9.17) is 4.74 Å². The normalized spacial score (nSPS) is 10.6. The van der Waals surface area contributed by atoms with Gasteiger partial charge in [-0.3, -0.25) is 9.48 Å². The molecule has 0 aliphatic carbocycles. The van der Waals surface area contributed by atoms with Crippen LogP contribution in [0.15, 0.2) is 54.7 Å². The van der Waals surface area contributed by atoms with Crippen molar-refractivity contribution in [2.75, 3.05) is 0 Å². The predicted octanol–water partition coefficient (Wildman–Crippen LogP) is 4.03. The molecule has 0 unspecified atom stereocenters. The third kappa shape index (κ3) is 4.76. The van der Waals surface area contributed by atoms with Crippen molar-refractivity contribution < 1.29 is 9.53 Å². The van der Waals surface area contributed by atoms with Crippen LogP contribution in [0, 0.1) is 13.8 Å². The second-order valence-corrected chi connectivity index (χ2v) is 6.58. The highest BCUT2D eigenvalue weighted by molar-refractivity contribution is 5.94. The number of hydrogen-bond acceptors (Lipinski definition) is 3. The Kier molecular flexibility index (Phi) is 5.91. The van der Waals surface area contributed by atoms with E-state index in [0.29, 0.717) is 18.7 Å². The summed E-state index contributed by atoms with van der Waals surface area (Å²) in [5.41, 5.74) is 4.89. The number of aryl methyl sites for hydroxylation is 3. The molecular weight excluding hydrogens is 338 g/mol. The molecule has 0 bridgehead atoms. The number of ether oxygens (including phenoxy) is 1. The molecule has 0 radical (unpaired) electrons. The molecule has 3 aromatic rings. The third-order valence-corrected chi connectivity index (χ3v) is 4.45. The van der Waals surface area contributed by atoms with Gasteiger partial charge in [-0.25, -0.2) is 0 Å². The van der Waals surface area contributed by atoms with Crippen molar-refractivity contribution >= 4 is 5.91 Å². The SMILES string of the molecule is CCn1nccc1CNC(=O)c1cccc(COc2ccc(C)cc2C)c1. The van der Waals surface area contributed by atoms with Crippen molar-refractivity contribution in [3.05, 3.63) is 82.7 Å². The molecule has 0 atom stereocenters. The molecule has 1 amide bonds. The highest BCUT2D eigenvalue weighted by Crippen LogP contribution is 2.20. The van der Waals surface area contributed by atoms with Crippen molar-refractivity contribution in [3.8, 4) is 5.75 Å².